The zero-order valence-electron chi connectivity index (χ0n) is 9.93. The van der Waals surface area contributed by atoms with E-state index >= 15 is 0 Å². The van der Waals surface area contributed by atoms with Crippen LogP contribution in [0.15, 0.2) is 5.03 Å². The number of nitriles is 1. The predicted molar refractivity (Wildman–Crippen MR) is 66.3 cm³/mol. The molecular formula is C11H14N4OS. The number of thioether (sulfide) groups is 1. The van der Waals surface area contributed by atoms with Crippen molar-refractivity contribution in [3.63, 3.8) is 0 Å². The van der Waals surface area contributed by atoms with Crippen LogP contribution in [0.1, 0.15) is 11.4 Å². The van der Waals surface area contributed by atoms with E-state index in [2.05, 4.69) is 20.9 Å². The molecule has 1 aromatic rings. The lowest BCUT2D eigenvalue weighted by Gasteiger charge is -2.28. The third-order valence-electron chi connectivity index (χ3n) is 2.58. The summed E-state index contributed by atoms with van der Waals surface area (Å²) in [5.74, 6) is 1.45. The second-order valence-electron chi connectivity index (χ2n) is 3.69. The van der Waals surface area contributed by atoms with Crippen LogP contribution >= 0.6 is 11.8 Å². The van der Waals surface area contributed by atoms with Crippen LogP contribution in [0.5, 0.6) is 0 Å². The van der Waals surface area contributed by atoms with Crippen molar-refractivity contribution in [2.45, 2.75) is 11.9 Å². The van der Waals surface area contributed by atoms with Crippen molar-refractivity contribution < 1.29 is 4.74 Å². The quantitative estimate of drug-likeness (QED) is 0.581. The molecule has 6 heteroatoms. The summed E-state index contributed by atoms with van der Waals surface area (Å²) in [6.45, 7) is 4.77. The van der Waals surface area contributed by atoms with Gasteiger partial charge in [0, 0.05) is 13.1 Å². The van der Waals surface area contributed by atoms with Gasteiger partial charge in [0.1, 0.15) is 22.5 Å². The number of aromatic nitrogens is 2. The number of anilines is 1. The van der Waals surface area contributed by atoms with Gasteiger partial charge < -0.3 is 9.64 Å². The Morgan fingerprint density at radius 1 is 1.35 bits per heavy atom. The molecule has 0 aliphatic carbocycles. The highest BCUT2D eigenvalue weighted by Crippen LogP contribution is 2.26. The molecule has 0 aromatic carbocycles. The molecule has 1 aliphatic heterocycles. The van der Waals surface area contributed by atoms with Crippen LogP contribution in [0.4, 0.5) is 5.82 Å². The Morgan fingerprint density at radius 2 is 2.06 bits per heavy atom. The van der Waals surface area contributed by atoms with Gasteiger partial charge in [0.15, 0.2) is 5.82 Å². The molecule has 17 heavy (non-hydrogen) atoms. The first-order valence-corrected chi connectivity index (χ1v) is 6.64. The van der Waals surface area contributed by atoms with Gasteiger partial charge in [0.25, 0.3) is 0 Å². The molecular weight excluding hydrogens is 236 g/mol. The summed E-state index contributed by atoms with van der Waals surface area (Å²) >= 11 is 1.48. The first-order valence-electron chi connectivity index (χ1n) is 5.41. The summed E-state index contributed by atoms with van der Waals surface area (Å²) in [5, 5.41) is 10.0. The third kappa shape index (κ3) is 2.51. The summed E-state index contributed by atoms with van der Waals surface area (Å²) in [6.07, 6.45) is 1.92. The van der Waals surface area contributed by atoms with Crippen LogP contribution in [0.3, 0.4) is 0 Å². The Kier molecular flexibility index (Phi) is 3.82. The number of hydrogen-bond donors (Lipinski definition) is 0. The van der Waals surface area contributed by atoms with E-state index in [4.69, 9.17) is 4.74 Å². The van der Waals surface area contributed by atoms with Crippen LogP contribution in [0, 0.1) is 18.3 Å². The number of rotatable bonds is 2. The highest BCUT2D eigenvalue weighted by molar-refractivity contribution is 7.98. The van der Waals surface area contributed by atoms with Crippen molar-refractivity contribution in [2.75, 3.05) is 37.5 Å². The van der Waals surface area contributed by atoms with Gasteiger partial charge >= 0.3 is 0 Å². The normalized spacial score (nSPS) is 15.7. The van der Waals surface area contributed by atoms with E-state index < -0.39 is 0 Å². The van der Waals surface area contributed by atoms with Crippen LogP contribution in [0.2, 0.25) is 0 Å². The summed E-state index contributed by atoms with van der Waals surface area (Å²) in [6, 6.07) is 2.21. The molecule has 0 bridgehead atoms. The highest BCUT2D eigenvalue weighted by atomic mass is 32.2. The first-order chi connectivity index (χ1) is 8.26. The molecule has 2 rings (SSSR count). The van der Waals surface area contributed by atoms with E-state index in [1.54, 1.807) is 0 Å². The third-order valence-corrected chi connectivity index (χ3v) is 3.27. The van der Waals surface area contributed by atoms with Crippen molar-refractivity contribution in [1.82, 2.24) is 9.97 Å². The molecule has 0 unspecified atom stereocenters. The zero-order valence-corrected chi connectivity index (χ0v) is 10.8. The largest absolute Gasteiger partial charge is 0.378 e. The second kappa shape index (κ2) is 5.34. The molecule has 5 nitrogen and oxygen atoms in total. The monoisotopic (exact) mass is 250 g/mol. The lowest BCUT2D eigenvalue weighted by Crippen LogP contribution is -2.37. The second-order valence-corrected chi connectivity index (χ2v) is 4.48. The minimum absolute atomic E-state index is 0.574. The van der Waals surface area contributed by atoms with Crippen molar-refractivity contribution in [3.8, 4) is 6.07 Å². The van der Waals surface area contributed by atoms with Crippen LogP contribution in [-0.2, 0) is 4.74 Å². The average molecular weight is 250 g/mol. The van der Waals surface area contributed by atoms with E-state index in [1.807, 2.05) is 13.2 Å². The van der Waals surface area contributed by atoms with Gasteiger partial charge in [-0.15, -0.1) is 11.8 Å². The standard InChI is InChI=1S/C11H14N4OS/c1-8-13-10(15-3-5-16-6-4-15)9(7-12)11(14-8)17-2/h3-6H2,1-2H3. The Hall–Kier alpha value is -1.32. The van der Waals surface area contributed by atoms with Crippen molar-refractivity contribution in [3.05, 3.63) is 11.4 Å². The van der Waals surface area contributed by atoms with Crippen LogP contribution in [-0.4, -0.2) is 42.5 Å². The molecule has 1 aliphatic rings. The van der Waals surface area contributed by atoms with Gasteiger partial charge in [0.05, 0.1) is 13.2 Å². The van der Waals surface area contributed by atoms with Gasteiger partial charge in [-0.1, -0.05) is 0 Å². The summed E-state index contributed by atoms with van der Waals surface area (Å²) < 4.78 is 5.31. The van der Waals surface area contributed by atoms with E-state index in [0.29, 0.717) is 24.6 Å². The van der Waals surface area contributed by atoms with Gasteiger partial charge in [-0.3, -0.25) is 0 Å². The zero-order chi connectivity index (χ0) is 12.3. The maximum Gasteiger partial charge on any atom is 0.151 e. The van der Waals surface area contributed by atoms with E-state index in [1.165, 1.54) is 11.8 Å². The smallest absolute Gasteiger partial charge is 0.151 e. The summed E-state index contributed by atoms with van der Waals surface area (Å²) in [7, 11) is 0. The van der Waals surface area contributed by atoms with Crippen molar-refractivity contribution in [1.29, 1.82) is 5.26 Å². The maximum absolute atomic E-state index is 9.25. The topological polar surface area (TPSA) is 62.0 Å². The SMILES string of the molecule is CSc1nc(C)nc(N2CCOCC2)c1C#N. The Bertz CT molecular complexity index is 452. The molecule has 1 saturated heterocycles. The molecule has 0 amide bonds. The highest BCUT2D eigenvalue weighted by Gasteiger charge is 2.20. The Balaban J connectivity index is 2.44. The number of nitrogens with zero attached hydrogens (tertiary/aromatic N) is 4. The van der Waals surface area contributed by atoms with Gasteiger partial charge in [-0.25, -0.2) is 9.97 Å². The fourth-order valence-electron chi connectivity index (χ4n) is 1.78. The lowest BCUT2D eigenvalue weighted by molar-refractivity contribution is 0.122. The average Bonchev–Trinajstić information content (AvgIpc) is 2.38. The Labute approximate surface area is 105 Å². The number of morpholine rings is 1. The number of aryl methyl sites for hydroxylation is 1. The number of ether oxygens (including phenoxy) is 1. The van der Waals surface area contributed by atoms with Crippen LogP contribution < -0.4 is 4.90 Å². The maximum atomic E-state index is 9.25. The van der Waals surface area contributed by atoms with Crippen molar-refractivity contribution >= 4 is 17.6 Å². The van der Waals surface area contributed by atoms with Gasteiger partial charge in [-0.2, -0.15) is 5.26 Å². The van der Waals surface area contributed by atoms with E-state index in [-0.39, 0.29) is 0 Å². The molecule has 2 heterocycles. The molecule has 90 valence electrons. The summed E-state index contributed by atoms with van der Waals surface area (Å²) in [4.78, 5) is 10.8. The lowest BCUT2D eigenvalue weighted by atomic mass is 10.3. The first kappa shape index (κ1) is 12.1. The summed E-state index contributed by atoms with van der Waals surface area (Å²) in [5.41, 5.74) is 0.574. The number of hydrogen-bond acceptors (Lipinski definition) is 6. The molecule has 0 atom stereocenters. The molecule has 0 spiro atoms. The van der Waals surface area contributed by atoms with Crippen LogP contribution in [0.25, 0.3) is 0 Å². The van der Waals surface area contributed by atoms with E-state index in [0.717, 1.165) is 23.9 Å². The minimum atomic E-state index is 0.574. The predicted octanol–water partition coefficient (Wildman–Crippen LogP) is 1.22. The fraction of sp³-hybridized carbons (Fsp3) is 0.545. The molecule has 0 saturated carbocycles. The van der Waals surface area contributed by atoms with Gasteiger partial charge in [-0.05, 0) is 13.2 Å². The fourth-order valence-corrected chi connectivity index (χ4v) is 2.35. The van der Waals surface area contributed by atoms with Crippen molar-refractivity contribution in [2.24, 2.45) is 0 Å². The molecule has 1 aromatic heterocycles. The van der Waals surface area contributed by atoms with E-state index in [9.17, 15) is 5.26 Å². The Morgan fingerprint density at radius 3 is 2.65 bits per heavy atom. The van der Waals surface area contributed by atoms with Gasteiger partial charge in [0.2, 0.25) is 0 Å². The minimum Gasteiger partial charge on any atom is -0.378 e. The molecule has 0 radical (unpaired) electrons. The molecule has 1 fully saturated rings. The molecule has 0 N–H and O–H groups in total.